The van der Waals surface area contributed by atoms with Crippen molar-refractivity contribution in [3.05, 3.63) is 199 Å². The Bertz CT molecular complexity index is 3420. The van der Waals surface area contributed by atoms with Gasteiger partial charge in [-0.05, 0) is 77.9 Å². The Morgan fingerprint density at radius 2 is 0.855 bits per heavy atom. The molecule has 0 radical (unpaired) electrons. The van der Waals surface area contributed by atoms with Crippen LogP contribution in [0.3, 0.4) is 0 Å². The zero-order valence-corrected chi connectivity index (χ0v) is 29.5. The molecule has 254 valence electrons. The molecule has 0 saturated carbocycles. The topological polar surface area (TPSA) is 23.5 Å². The van der Waals surface area contributed by atoms with Gasteiger partial charge in [0.2, 0.25) is 5.69 Å². The molecule has 0 bridgehead atoms. The van der Waals surface area contributed by atoms with Crippen molar-refractivity contribution in [1.29, 1.82) is 0 Å². The minimum absolute atomic E-state index is 0.553. The van der Waals surface area contributed by atoms with Crippen molar-refractivity contribution in [2.75, 3.05) is 0 Å². The van der Waals surface area contributed by atoms with E-state index in [2.05, 4.69) is 157 Å². The summed E-state index contributed by atoms with van der Waals surface area (Å²) in [6.07, 6.45) is 0. The first-order valence-corrected chi connectivity index (χ1v) is 18.3. The summed E-state index contributed by atoms with van der Waals surface area (Å²) in [5.41, 5.74) is 12.7. The molecule has 11 rings (SSSR count). The molecule has 0 aliphatic rings. The Hall–Kier alpha value is -7.86. The summed E-state index contributed by atoms with van der Waals surface area (Å²) in [5.74, 6) is 0. The lowest BCUT2D eigenvalue weighted by molar-refractivity contribution is 1.16. The zero-order chi connectivity index (χ0) is 36.6. The zero-order valence-electron chi connectivity index (χ0n) is 29.5. The van der Waals surface area contributed by atoms with E-state index in [1.165, 1.54) is 32.6 Å². The second kappa shape index (κ2) is 11.8. The molecule has 0 amide bonds. The van der Waals surface area contributed by atoms with Crippen molar-refractivity contribution in [3.8, 4) is 28.2 Å². The highest BCUT2D eigenvalue weighted by Crippen LogP contribution is 2.41. The number of nitrogens with zero attached hydrogens (tertiary/aromatic N) is 5. The fourth-order valence-electron chi connectivity index (χ4n) is 8.67. The van der Waals surface area contributed by atoms with Gasteiger partial charge in [0, 0.05) is 49.2 Å². The van der Waals surface area contributed by atoms with Crippen LogP contribution in [0.25, 0.3) is 103 Å². The first-order valence-electron chi connectivity index (χ1n) is 18.3. The third-order valence-electron chi connectivity index (χ3n) is 11.1. The monoisotopic (exact) mass is 699 g/mol. The summed E-state index contributed by atoms with van der Waals surface area (Å²) in [5, 5.41) is 7.02. The van der Waals surface area contributed by atoms with Crippen molar-refractivity contribution in [1.82, 2.24) is 13.7 Å². The summed E-state index contributed by atoms with van der Waals surface area (Å²) < 4.78 is 6.87. The van der Waals surface area contributed by atoms with Crippen LogP contribution in [0.15, 0.2) is 176 Å². The number of benzene rings is 8. The van der Waals surface area contributed by atoms with Crippen molar-refractivity contribution in [2.45, 2.75) is 0 Å². The van der Waals surface area contributed by atoms with Gasteiger partial charge in [0.15, 0.2) is 5.69 Å². The average molecular weight is 700 g/mol. The van der Waals surface area contributed by atoms with E-state index >= 15 is 0 Å². The Balaban J connectivity index is 1.09. The Morgan fingerprint density at radius 1 is 0.327 bits per heavy atom. The Morgan fingerprint density at radius 3 is 1.47 bits per heavy atom. The van der Waals surface area contributed by atoms with Crippen LogP contribution < -0.4 is 0 Å². The van der Waals surface area contributed by atoms with Crippen LogP contribution in [0.1, 0.15) is 0 Å². The van der Waals surface area contributed by atoms with Crippen LogP contribution in [-0.2, 0) is 0 Å². The number of para-hydroxylation sites is 4. The summed E-state index contributed by atoms with van der Waals surface area (Å²) in [6.45, 7) is 15.8. The molecule has 0 spiro atoms. The highest BCUT2D eigenvalue weighted by molar-refractivity contribution is 6.13. The molecule has 55 heavy (non-hydrogen) atoms. The number of hydrogen-bond donors (Lipinski definition) is 0. The molecule has 0 atom stereocenters. The lowest BCUT2D eigenvalue weighted by Gasteiger charge is -2.14. The van der Waals surface area contributed by atoms with Crippen LogP contribution in [0.4, 0.5) is 11.4 Å². The lowest BCUT2D eigenvalue weighted by Crippen LogP contribution is -1.97. The third kappa shape index (κ3) is 4.51. The van der Waals surface area contributed by atoms with Crippen molar-refractivity contribution in [3.63, 3.8) is 0 Å². The van der Waals surface area contributed by atoms with Crippen molar-refractivity contribution < 1.29 is 0 Å². The van der Waals surface area contributed by atoms with Crippen molar-refractivity contribution in [2.24, 2.45) is 0 Å². The summed E-state index contributed by atoms with van der Waals surface area (Å²) in [4.78, 5) is 7.69. The van der Waals surface area contributed by atoms with Crippen LogP contribution in [-0.4, -0.2) is 13.7 Å². The second-order valence-electron chi connectivity index (χ2n) is 14.0. The maximum absolute atomic E-state index is 8.14. The lowest BCUT2D eigenvalue weighted by atomic mass is 10.0. The predicted molar refractivity (Wildman–Crippen MR) is 227 cm³/mol. The quantitative estimate of drug-likeness (QED) is 0.163. The number of fused-ring (bicyclic) bond motifs is 9. The standard InChI is InChI=1S/C50H29N5/c1-51-34-23-25-41-39-16-5-10-21-47(39)55(49(41)30-34)50-29-33(22-26-43(50)52-2)32-12-11-13-35(28-32)53-46-20-9-6-17-40(46)42-31-36(24-27-48(42)53)54-44-18-7-3-14-37(44)38-15-4-8-19-45(38)54/h3-31H. The molecule has 3 aromatic heterocycles. The molecule has 3 heterocycles. The molecule has 0 aliphatic heterocycles. The van der Waals surface area contributed by atoms with Gasteiger partial charge in [-0.1, -0.05) is 109 Å². The van der Waals surface area contributed by atoms with Gasteiger partial charge < -0.3 is 13.7 Å². The van der Waals surface area contributed by atoms with E-state index in [-0.39, 0.29) is 0 Å². The first kappa shape index (κ1) is 30.7. The molecule has 0 N–H and O–H groups in total. The maximum atomic E-state index is 8.14. The van der Waals surface area contributed by atoms with Crippen LogP contribution >= 0.6 is 0 Å². The van der Waals surface area contributed by atoms with Gasteiger partial charge in [-0.25, -0.2) is 9.69 Å². The largest absolute Gasteiger partial charge is 0.320 e. The smallest absolute Gasteiger partial charge is 0.210 e. The van der Waals surface area contributed by atoms with Gasteiger partial charge in [0.1, 0.15) is 0 Å². The molecule has 5 heteroatoms. The summed E-state index contributed by atoms with van der Waals surface area (Å²) in [6, 6.07) is 61.5. The number of rotatable bonds is 4. The molecule has 0 fully saturated rings. The van der Waals surface area contributed by atoms with Gasteiger partial charge >= 0.3 is 0 Å². The summed E-state index contributed by atoms with van der Waals surface area (Å²) in [7, 11) is 0. The van der Waals surface area contributed by atoms with E-state index in [0.717, 1.165) is 61.0 Å². The Labute approximate surface area is 316 Å². The van der Waals surface area contributed by atoms with E-state index in [9.17, 15) is 0 Å². The van der Waals surface area contributed by atoms with E-state index in [0.29, 0.717) is 11.4 Å². The van der Waals surface area contributed by atoms with Gasteiger partial charge in [-0.3, -0.25) is 0 Å². The van der Waals surface area contributed by atoms with E-state index in [1.54, 1.807) is 0 Å². The maximum Gasteiger partial charge on any atom is 0.210 e. The van der Waals surface area contributed by atoms with Gasteiger partial charge in [0.05, 0.1) is 46.4 Å². The highest BCUT2D eigenvalue weighted by atomic mass is 15.0. The third-order valence-corrected chi connectivity index (χ3v) is 11.1. The fraction of sp³-hybridized carbons (Fsp3) is 0. The van der Waals surface area contributed by atoms with Gasteiger partial charge in [-0.2, -0.15) is 0 Å². The molecular weight excluding hydrogens is 671 g/mol. The highest BCUT2D eigenvalue weighted by Gasteiger charge is 2.19. The molecule has 0 aliphatic carbocycles. The SMILES string of the molecule is [C-]#[N+]c1ccc2c3ccccc3n(-c3cc(-c4cccc(-n5c6ccccc6c6cc(-n7c8ccccc8c8ccccc87)ccc65)c4)ccc3[N+]#[C-])c2c1. The van der Waals surface area contributed by atoms with Gasteiger partial charge in [0.25, 0.3) is 0 Å². The second-order valence-corrected chi connectivity index (χ2v) is 14.0. The summed E-state index contributed by atoms with van der Waals surface area (Å²) >= 11 is 0. The first-order chi connectivity index (χ1) is 27.2. The average Bonchev–Trinajstić information content (AvgIpc) is 3.88. The van der Waals surface area contributed by atoms with E-state index in [1.807, 2.05) is 42.5 Å². The molecule has 8 aromatic carbocycles. The van der Waals surface area contributed by atoms with Crippen molar-refractivity contribution >= 4 is 76.8 Å². The van der Waals surface area contributed by atoms with Crippen LogP contribution in [0.5, 0.6) is 0 Å². The predicted octanol–water partition coefficient (Wildman–Crippen LogP) is 13.7. The van der Waals surface area contributed by atoms with Crippen LogP contribution in [0, 0.1) is 13.1 Å². The van der Waals surface area contributed by atoms with E-state index in [4.69, 9.17) is 13.1 Å². The van der Waals surface area contributed by atoms with Gasteiger partial charge in [-0.15, -0.1) is 0 Å². The number of aromatic nitrogens is 3. The van der Waals surface area contributed by atoms with E-state index < -0.39 is 0 Å². The molecule has 0 unspecified atom stereocenters. The normalized spacial score (nSPS) is 11.6. The number of hydrogen-bond acceptors (Lipinski definition) is 0. The molecule has 0 saturated heterocycles. The Kier molecular flexibility index (Phi) is 6.61. The fourth-order valence-corrected chi connectivity index (χ4v) is 8.67. The molecular formula is C50H29N5. The minimum atomic E-state index is 0.553. The van der Waals surface area contributed by atoms with Crippen LogP contribution in [0.2, 0.25) is 0 Å². The molecule has 11 aromatic rings. The molecule has 5 nitrogen and oxygen atoms in total. The minimum Gasteiger partial charge on any atom is -0.320 e.